The zero-order valence-corrected chi connectivity index (χ0v) is 14.0. The van der Waals surface area contributed by atoms with Gasteiger partial charge in [-0.25, -0.2) is 4.98 Å². The molecule has 0 saturated heterocycles. The zero-order valence-electron chi connectivity index (χ0n) is 10.9. The number of carbonyl (C=O) groups excluding carboxylic acids is 1. The minimum absolute atomic E-state index is 0.189. The monoisotopic (exact) mass is 360 g/mol. The number of amides is 1. The van der Waals surface area contributed by atoms with Crippen LogP contribution in [0.4, 0.5) is 5.82 Å². The van der Waals surface area contributed by atoms with Gasteiger partial charge in [0.15, 0.2) is 0 Å². The Morgan fingerprint density at radius 2 is 1.86 bits per heavy atom. The maximum atomic E-state index is 12.1. The summed E-state index contributed by atoms with van der Waals surface area (Å²) in [6.07, 6.45) is 1.47. The van der Waals surface area contributed by atoms with Crippen LogP contribution in [0.25, 0.3) is 0 Å². The topological polar surface area (TPSA) is 42.0 Å². The normalized spacial score (nSPS) is 12.0. The van der Waals surface area contributed by atoms with E-state index in [-0.39, 0.29) is 11.2 Å². The number of nitrogens with zero attached hydrogens (tertiary/aromatic N) is 1. The Morgan fingerprint density at radius 3 is 2.43 bits per heavy atom. The molecule has 2 aromatic rings. The number of halogens is 3. The van der Waals surface area contributed by atoms with Crippen molar-refractivity contribution in [3.8, 4) is 0 Å². The largest absolute Gasteiger partial charge is 0.310 e. The molecule has 0 saturated carbocycles. The highest BCUT2D eigenvalue weighted by Crippen LogP contribution is 2.36. The van der Waals surface area contributed by atoms with Gasteiger partial charge in [-0.05, 0) is 31.2 Å². The number of pyridine rings is 1. The van der Waals surface area contributed by atoms with Gasteiger partial charge in [0, 0.05) is 11.1 Å². The molecule has 0 aliphatic carbocycles. The molecule has 0 spiro atoms. The Hall–Kier alpha value is -0.940. The van der Waals surface area contributed by atoms with Gasteiger partial charge in [0.25, 0.3) is 0 Å². The van der Waals surface area contributed by atoms with E-state index >= 15 is 0 Å². The SMILES string of the molecule is C[C@@H](Sc1c(Cl)cccc1Cl)C(=O)Nc1ccc(Cl)cn1. The fourth-order valence-corrected chi connectivity index (χ4v) is 3.16. The number of nitrogens with one attached hydrogen (secondary N) is 1. The van der Waals surface area contributed by atoms with Crippen LogP contribution in [0, 0.1) is 0 Å². The molecule has 0 aliphatic heterocycles. The molecular formula is C14H11Cl3N2OS. The minimum atomic E-state index is -0.375. The van der Waals surface area contributed by atoms with Gasteiger partial charge < -0.3 is 5.32 Å². The first kappa shape index (κ1) is 16.4. The maximum Gasteiger partial charge on any atom is 0.238 e. The number of anilines is 1. The van der Waals surface area contributed by atoms with Gasteiger partial charge in [-0.2, -0.15) is 0 Å². The fraction of sp³-hybridized carbons (Fsp3) is 0.143. The number of aromatic nitrogens is 1. The smallest absolute Gasteiger partial charge is 0.238 e. The van der Waals surface area contributed by atoms with Crippen LogP contribution in [0.3, 0.4) is 0 Å². The lowest BCUT2D eigenvalue weighted by Crippen LogP contribution is -2.22. The van der Waals surface area contributed by atoms with Gasteiger partial charge in [0.05, 0.1) is 20.3 Å². The lowest BCUT2D eigenvalue weighted by Gasteiger charge is -2.13. The van der Waals surface area contributed by atoms with Crippen molar-refractivity contribution >= 4 is 58.3 Å². The quantitative estimate of drug-likeness (QED) is 0.765. The third kappa shape index (κ3) is 4.51. The van der Waals surface area contributed by atoms with E-state index in [1.165, 1.54) is 18.0 Å². The number of carbonyl (C=O) groups is 1. The van der Waals surface area contributed by atoms with Gasteiger partial charge in [0.2, 0.25) is 5.91 Å². The molecule has 0 fully saturated rings. The summed E-state index contributed by atoms with van der Waals surface area (Å²) in [7, 11) is 0. The number of hydrogen-bond donors (Lipinski definition) is 1. The van der Waals surface area contributed by atoms with Crippen LogP contribution in [0.5, 0.6) is 0 Å². The molecule has 110 valence electrons. The van der Waals surface area contributed by atoms with Crippen LogP contribution >= 0.6 is 46.6 Å². The summed E-state index contributed by atoms with van der Waals surface area (Å²) in [5, 5.41) is 3.90. The molecule has 21 heavy (non-hydrogen) atoms. The molecule has 0 bridgehead atoms. The molecule has 7 heteroatoms. The molecule has 3 nitrogen and oxygen atoms in total. The highest BCUT2D eigenvalue weighted by atomic mass is 35.5. The van der Waals surface area contributed by atoms with E-state index in [1.807, 2.05) is 0 Å². The van der Waals surface area contributed by atoms with Crippen molar-refractivity contribution in [1.82, 2.24) is 4.98 Å². The second kappa shape index (κ2) is 7.36. The van der Waals surface area contributed by atoms with Crippen molar-refractivity contribution in [3.63, 3.8) is 0 Å². The van der Waals surface area contributed by atoms with Gasteiger partial charge in [-0.15, -0.1) is 11.8 Å². The first-order valence-electron chi connectivity index (χ1n) is 6.00. The van der Waals surface area contributed by atoms with Crippen molar-refractivity contribution in [2.45, 2.75) is 17.1 Å². The van der Waals surface area contributed by atoms with Crippen LogP contribution in [-0.4, -0.2) is 16.1 Å². The van der Waals surface area contributed by atoms with E-state index in [0.717, 1.165) is 0 Å². The summed E-state index contributed by atoms with van der Waals surface area (Å²) >= 11 is 19.2. The number of rotatable bonds is 4. The highest BCUT2D eigenvalue weighted by molar-refractivity contribution is 8.00. The van der Waals surface area contributed by atoms with Gasteiger partial charge in [0.1, 0.15) is 5.82 Å². The third-order valence-corrected chi connectivity index (χ3v) is 4.88. The summed E-state index contributed by atoms with van der Waals surface area (Å²) in [5.41, 5.74) is 0. The first-order valence-corrected chi connectivity index (χ1v) is 8.02. The maximum absolute atomic E-state index is 12.1. The van der Waals surface area contributed by atoms with E-state index in [2.05, 4.69) is 10.3 Å². The lowest BCUT2D eigenvalue weighted by atomic mass is 10.4. The summed E-state index contributed by atoms with van der Waals surface area (Å²) in [6, 6.07) is 8.53. The molecule has 1 aromatic heterocycles. The van der Waals surface area contributed by atoms with Gasteiger partial charge in [-0.3, -0.25) is 4.79 Å². The van der Waals surface area contributed by atoms with Gasteiger partial charge in [-0.1, -0.05) is 40.9 Å². The second-order valence-electron chi connectivity index (χ2n) is 4.16. The predicted molar refractivity (Wildman–Crippen MR) is 89.7 cm³/mol. The summed E-state index contributed by atoms with van der Waals surface area (Å²) in [4.78, 5) is 16.8. The lowest BCUT2D eigenvalue weighted by molar-refractivity contribution is -0.115. The van der Waals surface area contributed by atoms with E-state index in [1.54, 1.807) is 37.3 Å². The standard InChI is InChI=1S/C14H11Cl3N2OS/c1-8(21-13-10(16)3-2-4-11(13)17)14(20)19-12-6-5-9(15)7-18-12/h2-8H,1H3,(H,18,19,20)/t8-/m1/s1. The molecule has 0 radical (unpaired) electrons. The predicted octanol–water partition coefficient (Wildman–Crippen LogP) is 5.16. The molecule has 1 amide bonds. The van der Waals surface area contributed by atoms with Crippen LogP contribution in [0.1, 0.15) is 6.92 Å². The number of hydrogen-bond acceptors (Lipinski definition) is 3. The van der Waals surface area contributed by atoms with Gasteiger partial charge >= 0.3 is 0 Å². The zero-order chi connectivity index (χ0) is 15.4. The summed E-state index contributed by atoms with van der Waals surface area (Å²) < 4.78 is 0. The molecule has 1 heterocycles. The average molecular weight is 362 g/mol. The molecule has 1 aromatic carbocycles. The summed E-state index contributed by atoms with van der Waals surface area (Å²) in [5.74, 6) is 0.257. The minimum Gasteiger partial charge on any atom is -0.310 e. The highest BCUT2D eigenvalue weighted by Gasteiger charge is 2.18. The van der Waals surface area contributed by atoms with Crippen molar-refractivity contribution in [3.05, 3.63) is 51.6 Å². The number of benzene rings is 1. The molecule has 0 aliphatic rings. The summed E-state index contributed by atoms with van der Waals surface area (Å²) in [6.45, 7) is 1.77. The number of thioether (sulfide) groups is 1. The average Bonchev–Trinajstić information content (AvgIpc) is 2.45. The van der Waals surface area contributed by atoms with E-state index in [0.29, 0.717) is 25.8 Å². The Balaban J connectivity index is 2.04. The molecule has 1 N–H and O–H groups in total. The third-order valence-electron chi connectivity index (χ3n) is 2.56. The van der Waals surface area contributed by atoms with Crippen LogP contribution < -0.4 is 5.32 Å². The van der Waals surface area contributed by atoms with Crippen molar-refractivity contribution in [1.29, 1.82) is 0 Å². The first-order chi connectivity index (χ1) is 9.97. The van der Waals surface area contributed by atoms with E-state index in [4.69, 9.17) is 34.8 Å². The fourth-order valence-electron chi connectivity index (χ4n) is 1.50. The molecule has 1 atom stereocenters. The molecule has 0 unspecified atom stereocenters. The molecular weight excluding hydrogens is 351 g/mol. The van der Waals surface area contributed by atoms with E-state index in [9.17, 15) is 4.79 Å². The Bertz CT molecular complexity index is 629. The van der Waals surface area contributed by atoms with Crippen LogP contribution in [-0.2, 0) is 4.79 Å². The molecule has 2 rings (SSSR count). The second-order valence-corrected chi connectivity index (χ2v) is 6.76. The Morgan fingerprint density at radius 1 is 1.19 bits per heavy atom. The van der Waals surface area contributed by atoms with Crippen LogP contribution in [0.2, 0.25) is 15.1 Å². The van der Waals surface area contributed by atoms with Crippen molar-refractivity contribution in [2.75, 3.05) is 5.32 Å². The van der Waals surface area contributed by atoms with E-state index < -0.39 is 0 Å². The Kier molecular flexibility index (Phi) is 5.76. The Labute approximate surface area is 142 Å². The van der Waals surface area contributed by atoms with Crippen LogP contribution in [0.15, 0.2) is 41.4 Å². The van der Waals surface area contributed by atoms with Crippen molar-refractivity contribution in [2.24, 2.45) is 0 Å². The van der Waals surface area contributed by atoms with Crippen molar-refractivity contribution < 1.29 is 4.79 Å².